The molecule has 17 heavy (non-hydrogen) atoms. The lowest BCUT2D eigenvalue weighted by molar-refractivity contribution is 0.244. The zero-order valence-electron chi connectivity index (χ0n) is 9.53. The van der Waals surface area contributed by atoms with Crippen molar-refractivity contribution in [3.63, 3.8) is 0 Å². The van der Waals surface area contributed by atoms with Crippen LogP contribution in [0, 0.1) is 17.6 Å². The molecule has 2 unspecified atom stereocenters. The van der Waals surface area contributed by atoms with Crippen LogP contribution < -0.4 is 10.6 Å². The fourth-order valence-electron chi connectivity index (χ4n) is 2.22. The summed E-state index contributed by atoms with van der Waals surface area (Å²) >= 11 is 0. The first-order valence-electron chi connectivity index (χ1n) is 5.53. The van der Waals surface area contributed by atoms with Gasteiger partial charge in [0.05, 0.1) is 12.6 Å². The second kappa shape index (κ2) is 4.44. The van der Waals surface area contributed by atoms with Gasteiger partial charge in [-0.05, 0) is 12.3 Å². The Labute approximate surface area is 98.1 Å². The number of halogens is 2. The number of rotatable bonds is 2. The molecule has 1 saturated heterocycles. The van der Waals surface area contributed by atoms with E-state index in [-0.39, 0.29) is 30.2 Å². The lowest BCUT2D eigenvalue weighted by Crippen LogP contribution is -2.36. The summed E-state index contributed by atoms with van der Waals surface area (Å²) in [5, 5.41) is 9.29. The molecular formula is C11H15F2N3O. The molecule has 94 valence electrons. The maximum absolute atomic E-state index is 13.6. The van der Waals surface area contributed by atoms with Crippen molar-refractivity contribution >= 4 is 11.6 Å². The molecular weight excluding hydrogens is 228 g/mol. The van der Waals surface area contributed by atoms with Gasteiger partial charge in [0, 0.05) is 12.6 Å². The number of aliphatic hydroxyl groups excluding tert-OH is 1. The fraction of sp³-hybridized carbons (Fsp3) is 0.545. The zero-order chi connectivity index (χ0) is 12.6. The van der Waals surface area contributed by atoms with Gasteiger partial charge in [0.15, 0.2) is 23.3 Å². The number of hydrogen-bond donors (Lipinski definition) is 2. The smallest absolute Gasteiger partial charge is 0.168 e. The largest absolute Gasteiger partial charge is 0.394 e. The highest BCUT2D eigenvalue weighted by molar-refractivity contribution is 5.49. The molecule has 4 nitrogen and oxygen atoms in total. The molecule has 0 saturated carbocycles. The molecule has 1 aliphatic rings. The van der Waals surface area contributed by atoms with Crippen LogP contribution >= 0.6 is 0 Å². The second-order valence-electron chi connectivity index (χ2n) is 4.37. The van der Waals surface area contributed by atoms with Crippen LogP contribution in [0.25, 0.3) is 0 Å². The van der Waals surface area contributed by atoms with Crippen molar-refractivity contribution in [2.45, 2.75) is 19.4 Å². The van der Waals surface area contributed by atoms with Gasteiger partial charge in [0.25, 0.3) is 0 Å². The second-order valence-corrected chi connectivity index (χ2v) is 4.37. The van der Waals surface area contributed by atoms with Crippen molar-refractivity contribution in [2.75, 3.05) is 23.8 Å². The minimum absolute atomic E-state index is 0.0206. The summed E-state index contributed by atoms with van der Waals surface area (Å²) < 4.78 is 26.6. The number of aliphatic hydroxyl groups is 1. The van der Waals surface area contributed by atoms with Crippen LogP contribution in [0.4, 0.5) is 20.4 Å². The number of hydrogen-bond acceptors (Lipinski definition) is 4. The monoisotopic (exact) mass is 243 g/mol. The third kappa shape index (κ3) is 2.04. The van der Waals surface area contributed by atoms with Crippen LogP contribution in [0.5, 0.6) is 0 Å². The Morgan fingerprint density at radius 3 is 2.88 bits per heavy atom. The van der Waals surface area contributed by atoms with Crippen molar-refractivity contribution in [1.82, 2.24) is 4.98 Å². The lowest BCUT2D eigenvalue weighted by atomic mass is 10.0. The third-order valence-electron chi connectivity index (χ3n) is 3.28. The van der Waals surface area contributed by atoms with Gasteiger partial charge in [-0.25, -0.2) is 13.8 Å². The van der Waals surface area contributed by atoms with Gasteiger partial charge in [-0.3, -0.25) is 0 Å². The standard InChI is InChI=1S/C11H15F2N3O/c1-6-2-3-16(9(6)5-17)11-8(13)4-7(12)10(14)15-11/h4,6,9,17H,2-3,5H2,1H3,(H2,14,15). The molecule has 1 fully saturated rings. The highest BCUT2D eigenvalue weighted by Crippen LogP contribution is 2.30. The molecule has 0 radical (unpaired) electrons. The number of nitrogens with zero attached hydrogens (tertiary/aromatic N) is 2. The first-order valence-corrected chi connectivity index (χ1v) is 5.53. The topological polar surface area (TPSA) is 62.4 Å². The Bertz CT molecular complexity index is 427. The third-order valence-corrected chi connectivity index (χ3v) is 3.28. The summed E-state index contributed by atoms with van der Waals surface area (Å²) in [6.07, 6.45) is 0.837. The van der Waals surface area contributed by atoms with E-state index in [1.54, 1.807) is 4.90 Å². The molecule has 1 aliphatic heterocycles. The van der Waals surface area contributed by atoms with Crippen molar-refractivity contribution < 1.29 is 13.9 Å². The van der Waals surface area contributed by atoms with E-state index in [1.807, 2.05) is 6.92 Å². The van der Waals surface area contributed by atoms with Gasteiger partial charge in [0.2, 0.25) is 0 Å². The zero-order valence-corrected chi connectivity index (χ0v) is 9.53. The molecule has 0 spiro atoms. The van der Waals surface area contributed by atoms with Gasteiger partial charge in [-0.2, -0.15) is 0 Å². The average molecular weight is 243 g/mol. The summed E-state index contributed by atoms with van der Waals surface area (Å²) in [4.78, 5) is 5.38. The van der Waals surface area contributed by atoms with Gasteiger partial charge >= 0.3 is 0 Å². The van der Waals surface area contributed by atoms with Crippen LogP contribution in [0.15, 0.2) is 6.07 Å². The van der Waals surface area contributed by atoms with Crippen LogP contribution in [0.2, 0.25) is 0 Å². The Morgan fingerprint density at radius 1 is 1.53 bits per heavy atom. The predicted octanol–water partition coefficient (Wildman–Crippen LogP) is 1.15. The van der Waals surface area contributed by atoms with Crippen molar-refractivity contribution in [1.29, 1.82) is 0 Å². The van der Waals surface area contributed by atoms with Crippen molar-refractivity contribution in [3.05, 3.63) is 17.7 Å². The first kappa shape index (κ1) is 12.0. The van der Waals surface area contributed by atoms with Gasteiger partial charge in [-0.15, -0.1) is 0 Å². The summed E-state index contributed by atoms with van der Waals surface area (Å²) in [6.45, 7) is 2.48. The lowest BCUT2D eigenvalue weighted by Gasteiger charge is -2.26. The van der Waals surface area contributed by atoms with E-state index in [2.05, 4.69) is 4.98 Å². The molecule has 1 aromatic rings. The van der Waals surface area contributed by atoms with Crippen molar-refractivity contribution in [2.24, 2.45) is 5.92 Å². The Balaban J connectivity index is 2.37. The molecule has 1 aromatic heterocycles. The van der Waals surface area contributed by atoms with E-state index in [4.69, 9.17) is 5.73 Å². The maximum atomic E-state index is 13.6. The van der Waals surface area contributed by atoms with E-state index in [9.17, 15) is 13.9 Å². The highest BCUT2D eigenvalue weighted by Gasteiger charge is 2.33. The Morgan fingerprint density at radius 2 is 2.24 bits per heavy atom. The minimum Gasteiger partial charge on any atom is -0.394 e. The molecule has 0 aliphatic carbocycles. The number of anilines is 2. The number of pyridine rings is 1. The van der Waals surface area contributed by atoms with E-state index >= 15 is 0 Å². The van der Waals surface area contributed by atoms with Crippen LogP contribution in [-0.4, -0.2) is 29.3 Å². The highest BCUT2D eigenvalue weighted by atomic mass is 19.1. The maximum Gasteiger partial charge on any atom is 0.168 e. The number of nitrogens with two attached hydrogens (primary N) is 1. The molecule has 0 aromatic carbocycles. The molecule has 2 heterocycles. The van der Waals surface area contributed by atoms with Gasteiger partial charge in [-0.1, -0.05) is 6.92 Å². The number of nitrogen functional groups attached to an aromatic ring is 1. The van der Waals surface area contributed by atoms with E-state index in [0.717, 1.165) is 12.5 Å². The van der Waals surface area contributed by atoms with E-state index < -0.39 is 11.6 Å². The van der Waals surface area contributed by atoms with Crippen LogP contribution in [-0.2, 0) is 0 Å². The molecule has 0 bridgehead atoms. The van der Waals surface area contributed by atoms with E-state index in [0.29, 0.717) is 6.54 Å². The average Bonchev–Trinajstić information content (AvgIpc) is 2.64. The summed E-state index contributed by atoms with van der Waals surface area (Å²) in [6, 6.07) is 0.539. The Hall–Kier alpha value is -1.43. The molecule has 2 rings (SSSR count). The predicted molar refractivity (Wildman–Crippen MR) is 60.6 cm³/mol. The van der Waals surface area contributed by atoms with Crippen LogP contribution in [0.3, 0.4) is 0 Å². The minimum atomic E-state index is -0.862. The van der Waals surface area contributed by atoms with Crippen LogP contribution in [0.1, 0.15) is 13.3 Å². The summed E-state index contributed by atoms with van der Waals surface area (Å²) in [7, 11) is 0. The summed E-state index contributed by atoms with van der Waals surface area (Å²) in [5.74, 6) is -1.67. The Kier molecular flexibility index (Phi) is 3.15. The van der Waals surface area contributed by atoms with E-state index in [1.165, 1.54) is 0 Å². The summed E-state index contributed by atoms with van der Waals surface area (Å²) in [5.41, 5.74) is 5.34. The first-order chi connectivity index (χ1) is 8.04. The quantitative estimate of drug-likeness (QED) is 0.818. The molecule has 2 atom stereocenters. The molecule has 3 N–H and O–H groups in total. The fourth-order valence-corrected chi connectivity index (χ4v) is 2.22. The normalized spacial score (nSPS) is 24.4. The SMILES string of the molecule is CC1CCN(c2nc(N)c(F)cc2F)C1CO. The number of aromatic nitrogens is 1. The van der Waals surface area contributed by atoms with Crippen molar-refractivity contribution in [3.8, 4) is 0 Å². The molecule has 0 amide bonds. The van der Waals surface area contributed by atoms with Gasteiger partial charge < -0.3 is 15.7 Å². The van der Waals surface area contributed by atoms with Gasteiger partial charge in [0.1, 0.15) is 0 Å². The molecule has 6 heteroatoms.